The van der Waals surface area contributed by atoms with Crippen LogP contribution in [0.4, 0.5) is 11.5 Å². The Kier molecular flexibility index (Phi) is 4.98. The molecule has 1 fully saturated rings. The van der Waals surface area contributed by atoms with Crippen molar-refractivity contribution in [3.05, 3.63) is 28.5 Å². The third-order valence-corrected chi connectivity index (χ3v) is 5.87. The minimum absolute atomic E-state index is 0.106. The van der Waals surface area contributed by atoms with Crippen LogP contribution in [-0.2, 0) is 7.05 Å². The molecule has 10 heteroatoms. The first-order valence-corrected chi connectivity index (χ1v) is 10.0. The Labute approximate surface area is 165 Å². The van der Waals surface area contributed by atoms with Crippen molar-refractivity contribution in [2.45, 2.75) is 37.8 Å². The molecule has 4 rings (SSSR count). The molecule has 1 aliphatic carbocycles. The molecule has 3 aromatic heterocycles. The van der Waals surface area contributed by atoms with Crippen molar-refractivity contribution in [2.24, 2.45) is 12.8 Å². The second kappa shape index (κ2) is 7.41. The maximum absolute atomic E-state index is 12.7. The SMILES string of the molecule is Cn1cc(NC(=O)c2csc3ncc(N[C@@H]4CCCC[C@@H]4N)nc23)c(Cl)n1. The van der Waals surface area contributed by atoms with Crippen LogP contribution in [0, 0.1) is 0 Å². The van der Waals surface area contributed by atoms with Crippen LogP contribution >= 0.6 is 22.9 Å². The van der Waals surface area contributed by atoms with E-state index in [-0.39, 0.29) is 23.1 Å². The summed E-state index contributed by atoms with van der Waals surface area (Å²) in [6.45, 7) is 0. The number of halogens is 1. The average Bonchev–Trinajstić information content (AvgIpc) is 3.19. The summed E-state index contributed by atoms with van der Waals surface area (Å²) in [5.41, 5.74) is 7.68. The van der Waals surface area contributed by atoms with Crippen molar-refractivity contribution >= 4 is 50.7 Å². The van der Waals surface area contributed by atoms with E-state index in [0.29, 0.717) is 27.4 Å². The molecule has 2 atom stereocenters. The Bertz CT molecular complexity index is 985. The predicted molar refractivity (Wildman–Crippen MR) is 107 cm³/mol. The third kappa shape index (κ3) is 3.76. The molecule has 1 amide bonds. The third-order valence-electron chi connectivity index (χ3n) is 4.71. The van der Waals surface area contributed by atoms with E-state index in [1.165, 1.54) is 11.3 Å². The fourth-order valence-electron chi connectivity index (χ4n) is 3.30. The number of amides is 1. The molecule has 0 aromatic carbocycles. The lowest BCUT2D eigenvalue weighted by Gasteiger charge is -2.29. The molecular weight excluding hydrogens is 386 g/mol. The monoisotopic (exact) mass is 405 g/mol. The number of aryl methyl sites for hydroxylation is 1. The normalized spacial score (nSPS) is 20.0. The van der Waals surface area contributed by atoms with E-state index >= 15 is 0 Å². The van der Waals surface area contributed by atoms with Gasteiger partial charge in [0.1, 0.15) is 16.2 Å². The lowest BCUT2D eigenvalue weighted by Crippen LogP contribution is -2.42. The van der Waals surface area contributed by atoms with Gasteiger partial charge in [0, 0.05) is 30.7 Å². The van der Waals surface area contributed by atoms with Crippen LogP contribution < -0.4 is 16.4 Å². The highest BCUT2D eigenvalue weighted by atomic mass is 35.5. The number of thiophene rings is 1. The number of hydrogen-bond acceptors (Lipinski definition) is 7. The molecular formula is C17H20ClN7OS. The maximum Gasteiger partial charge on any atom is 0.258 e. The smallest absolute Gasteiger partial charge is 0.258 e. The van der Waals surface area contributed by atoms with Gasteiger partial charge in [0.2, 0.25) is 0 Å². The van der Waals surface area contributed by atoms with Crippen LogP contribution in [0.5, 0.6) is 0 Å². The van der Waals surface area contributed by atoms with Crippen LogP contribution in [0.15, 0.2) is 17.8 Å². The second-order valence-electron chi connectivity index (χ2n) is 6.72. The zero-order chi connectivity index (χ0) is 19.0. The number of nitrogens with zero attached hydrogens (tertiary/aromatic N) is 4. The van der Waals surface area contributed by atoms with Crippen LogP contribution in [0.3, 0.4) is 0 Å². The van der Waals surface area contributed by atoms with E-state index in [0.717, 1.165) is 25.7 Å². The van der Waals surface area contributed by atoms with Crippen LogP contribution in [0.1, 0.15) is 36.0 Å². The van der Waals surface area contributed by atoms with Gasteiger partial charge in [-0.15, -0.1) is 11.3 Å². The van der Waals surface area contributed by atoms with Crippen molar-refractivity contribution in [1.29, 1.82) is 0 Å². The first kappa shape index (κ1) is 18.1. The largest absolute Gasteiger partial charge is 0.364 e. The van der Waals surface area contributed by atoms with Crippen molar-refractivity contribution in [2.75, 3.05) is 10.6 Å². The van der Waals surface area contributed by atoms with Gasteiger partial charge in [-0.1, -0.05) is 24.4 Å². The Balaban J connectivity index is 1.58. The number of anilines is 2. The van der Waals surface area contributed by atoms with Crippen molar-refractivity contribution in [1.82, 2.24) is 19.7 Å². The average molecular weight is 406 g/mol. The van der Waals surface area contributed by atoms with Gasteiger partial charge in [0.05, 0.1) is 17.4 Å². The summed E-state index contributed by atoms with van der Waals surface area (Å²) >= 11 is 7.40. The predicted octanol–water partition coefficient (Wildman–Crippen LogP) is 3.01. The van der Waals surface area contributed by atoms with Crippen LogP contribution in [0.25, 0.3) is 10.3 Å². The quantitative estimate of drug-likeness (QED) is 0.615. The van der Waals surface area contributed by atoms with Gasteiger partial charge >= 0.3 is 0 Å². The molecule has 142 valence electrons. The molecule has 0 radical (unpaired) electrons. The highest BCUT2D eigenvalue weighted by Crippen LogP contribution is 2.27. The number of carbonyl (C=O) groups is 1. The molecule has 0 unspecified atom stereocenters. The summed E-state index contributed by atoms with van der Waals surface area (Å²) in [7, 11) is 1.74. The van der Waals surface area contributed by atoms with Gasteiger partial charge in [0.15, 0.2) is 5.15 Å². The van der Waals surface area contributed by atoms with Gasteiger partial charge < -0.3 is 16.4 Å². The minimum Gasteiger partial charge on any atom is -0.364 e. The second-order valence-corrected chi connectivity index (χ2v) is 7.94. The Morgan fingerprint density at radius 3 is 2.96 bits per heavy atom. The molecule has 3 heterocycles. The van der Waals surface area contributed by atoms with Gasteiger partial charge in [-0.2, -0.15) is 5.10 Å². The van der Waals surface area contributed by atoms with Crippen molar-refractivity contribution in [3.8, 4) is 0 Å². The number of fused-ring (bicyclic) bond motifs is 1. The summed E-state index contributed by atoms with van der Waals surface area (Å²) in [6.07, 6.45) is 7.68. The summed E-state index contributed by atoms with van der Waals surface area (Å²) in [4.78, 5) is 22.5. The Morgan fingerprint density at radius 2 is 2.22 bits per heavy atom. The molecule has 0 spiro atoms. The minimum atomic E-state index is -0.294. The first-order chi connectivity index (χ1) is 13.0. The maximum atomic E-state index is 12.7. The van der Waals surface area contributed by atoms with Gasteiger partial charge in [-0.05, 0) is 12.8 Å². The standard InChI is InChI=1S/C17H20ClN7OS/c1-25-7-12(15(18)24-25)22-16(26)9-8-27-17-14(9)23-13(6-20-17)21-11-5-3-2-4-10(11)19/h6-8,10-11H,2-5,19H2,1H3,(H,21,23)(H,22,26)/t10-,11+/m0/s1. The van der Waals surface area contributed by atoms with E-state index < -0.39 is 0 Å². The van der Waals surface area contributed by atoms with Gasteiger partial charge in [0.25, 0.3) is 5.91 Å². The molecule has 8 nitrogen and oxygen atoms in total. The Morgan fingerprint density at radius 1 is 1.41 bits per heavy atom. The molecule has 0 bridgehead atoms. The highest BCUT2D eigenvalue weighted by Gasteiger charge is 2.23. The summed E-state index contributed by atoms with van der Waals surface area (Å²) in [5.74, 6) is 0.341. The van der Waals surface area contributed by atoms with Gasteiger partial charge in [-0.25, -0.2) is 9.97 Å². The number of hydrogen-bond donors (Lipinski definition) is 3. The number of rotatable bonds is 4. The number of aromatic nitrogens is 4. The fraction of sp³-hybridized carbons (Fsp3) is 0.412. The zero-order valence-corrected chi connectivity index (χ0v) is 16.3. The van der Waals surface area contributed by atoms with Crippen molar-refractivity contribution < 1.29 is 4.79 Å². The summed E-state index contributed by atoms with van der Waals surface area (Å²) < 4.78 is 1.54. The molecule has 1 saturated carbocycles. The van der Waals surface area contributed by atoms with E-state index in [9.17, 15) is 4.79 Å². The molecule has 1 aliphatic rings. The number of nitrogens with one attached hydrogen (secondary N) is 2. The Hall–Kier alpha value is -2.23. The number of nitrogens with two attached hydrogens (primary N) is 1. The lowest BCUT2D eigenvalue weighted by atomic mass is 9.91. The topological polar surface area (TPSA) is 111 Å². The number of carbonyl (C=O) groups excluding carboxylic acids is 1. The van der Waals surface area contributed by atoms with E-state index in [1.807, 2.05) is 0 Å². The molecule has 4 N–H and O–H groups in total. The van der Waals surface area contributed by atoms with Crippen molar-refractivity contribution in [3.63, 3.8) is 0 Å². The highest BCUT2D eigenvalue weighted by molar-refractivity contribution is 7.17. The van der Waals surface area contributed by atoms with Gasteiger partial charge in [-0.3, -0.25) is 9.48 Å². The summed E-state index contributed by atoms with van der Waals surface area (Å²) in [6, 6.07) is 0.282. The molecule has 0 saturated heterocycles. The molecule has 3 aromatic rings. The van der Waals surface area contributed by atoms with E-state index in [1.54, 1.807) is 29.5 Å². The van der Waals surface area contributed by atoms with E-state index in [4.69, 9.17) is 17.3 Å². The van der Waals surface area contributed by atoms with Crippen LogP contribution in [-0.4, -0.2) is 37.7 Å². The van der Waals surface area contributed by atoms with E-state index in [2.05, 4.69) is 25.7 Å². The lowest BCUT2D eigenvalue weighted by molar-refractivity contribution is 0.102. The molecule has 0 aliphatic heterocycles. The first-order valence-electron chi connectivity index (χ1n) is 8.78. The molecule has 27 heavy (non-hydrogen) atoms. The zero-order valence-electron chi connectivity index (χ0n) is 14.8. The summed E-state index contributed by atoms with van der Waals surface area (Å²) in [5, 5.41) is 12.2. The van der Waals surface area contributed by atoms with Crippen LogP contribution in [0.2, 0.25) is 5.15 Å². The fourth-order valence-corrected chi connectivity index (χ4v) is 4.35.